The molecule has 134 valence electrons. The normalized spacial score (nSPS) is 15.7. The van der Waals surface area contributed by atoms with Crippen LogP contribution in [-0.4, -0.2) is 23.5 Å². The lowest BCUT2D eigenvalue weighted by molar-refractivity contribution is 0.0697. The van der Waals surface area contributed by atoms with Crippen LogP contribution in [0.2, 0.25) is 0 Å². The van der Waals surface area contributed by atoms with E-state index in [0.717, 1.165) is 11.1 Å². The number of aromatic carboxylic acids is 1. The number of carbonyl (C=O) groups is 2. The van der Waals surface area contributed by atoms with Gasteiger partial charge in [-0.05, 0) is 41.3 Å². The number of hydrogen-bond acceptors (Lipinski definition) is 3. The summed E-state index contributed by atoms with van der Waals surface area (Å²) in [7, 11) is 0. The second-order valence-electron chi connectivity index (χ2n) is 6.62. The minimum Gasteiger partial charge on any atom is -0.492 e. The predicted octanol–water partition coefficient (Wildman–Crippen LogP) is 4.49. The van der Waals surface area contributed by atoms with Crippen molar-refractivity contribution in [2.24, 2.45) is 5.92 Å². The van der Waals surface area contributed by atoms with Crippen molar-refractivity contribution in [2.75, 3.05) is 6.61 Å². The first-order valence-corrected chi connectivity index (χ1v) is 8.81. The van der Waals surface area contributed by atoms with Crippen molar-refractivity contribution in [3.8, 4) is 16.9 Å². The van der Waals surface area contributed by atoms with Crippen LogP contribution in [0.3, 0.4) is 0 Å². The molecule has 0 radical (unpaired) electrons. The Hall–Kier alpha value is -3.40. The van der Waals surface area contributed by atoms with Crippen LogP contribution in [0.5, 0.6) is 5.75 Å². The molecule has 0 spiro atoms. The summed E-state index contributed by atoms with van der Waals surface area (Å²) < 4.78 is 5.87. The van der Waals surface area contributed by atoms with Gasteiger partial charge in [0.05, 0.1) is 23.7 Å². The monoisotopic (exact) mass is 358 g/mol. The molecule has 1 atom stereocenters. The van der Waals surface area contributed by atoms with Gasteiger partial charge in [0.25, 0.3) is 0 Å². The molecular weight excluding hydrogens is 340 g/mol. The highest BCUT2D eigenvalue weighted by Gasteiger charge is 2.29. The zero-order valence-corrected chi connectivity index (χ0v) is 14.6. The van der Waals surface area contributed by atoms with E-state index in [0.29, 0.717) is 29.9 Å². The van der Waals surface area contributed by atoms with Crippen molar-refractivity contribution in [2.45, 2.75) is 6.42 Å². The van der Waals surface area contributed by atoms with Crippen molar-refractivity contribution in [3.05, 3.63) is 89.5 Å². The molecule has 1 aliphatic rings. The number of hydrogen-bond donors (Lipinski definition) is 1. The van der Waals surface area contributed by atoms with Crippen LogP contribution in [0.15, 0.2) is 72.8 Å². The summed E-state index contributed by atoms with van der Waals surface area (Å²) in [4.78, 5) is 24.3. The third kappa shape index (κ3) is 3.34. The molecular formula is C23H18O4. The molecule has 0 aliphatic carbocycles. The number of rotatable bonds is 4. The lowest BCUT2D eigenvalue weighted by Gasteiger charge is -2.25. The Labute approximate surface area is 157 Å². The molecule has 0 fully saturated rings. The van der Waals surface area contributed by atoms with E-state index in [4.69, 9.17) is 4.74 Å². The molecule has 1 aliphatic heterocycles. The van der Waals surface area contributed by atoms with Gasteiger partial charge < -0.3 is 9.84 Å². The molecule has 0 bridgehead atoms. The number of ether oxygens (including phenoxy) is 1. The Morgan fingerprint density at radius 1 is 0.963 bits per heavy atom. The maximum absolute atomic E-state index is 12.9. The third-order valence-electron chi connectivity index (χ3n) is 4.85. The van der Waals surface area contributed by atoms with Crippen LogP contribution in [0.4, 0.5) is 0 Å². The van der Waals surface area contributed by atoms with Gasteiger partial charge in [0, 0.05) is 0 Å². The number of carboxylic acid groups (broad SMARTS) is 1. The van der Waals surface area contributed by atoms with Crippen LogP contribution in [0.25, 0.3) is 11.1 Å². The van der Waals surface area contributed by atoms with Crippen LogP contribution in [0, 0.1) is 5.92 Å². The Morgan fingerprint density at radius 3 is 2.48 bits per heavy atom. The summed E-state index contributed by atoms with van der Waals surface area (Å²) in [6.07, 6.45) is 0.642. The molecule has 4 rings (SSSR count). The zero-order valence-electron chi connectivity index (χ0n) is 14.6. The number of carbonyl (C=O) groups excluding carboxylic acids is 1. The van der Waals surface area contributed by atoms with Crippen LogP contribution in [0.1, 0.15) is 26.3 Å². The van der Waals surface area contributed by atoms with E-state index in [9.17, 15) is 14.7 Å². The molecule has 0 amide bonds. The minimum absolute atomic E-state index is 0.0678. The molecule has 0 saturated heterocycles. The fraction of sp³-hybridized carbons (Fsp3) is 0.130. The molecule has 0 aromatic heterocycles. The second kappa shape index (κ2) is 7.08. The molecule has 1 N–H and O–H groups in total. The van der Waals surface area contributed by atoms with E-state index in [2.05, 4.69) is 0 Å². The highest BCUT2D eigenvalue weighted by Crippen LogP contribution is 2.34. The molecule has 27 heavy (non-hydrogen) atoms. The third-order valence-corrected chi connectivity index (χ3v) is 4.85. The molecule has 4 heteroatoms. The van der Waals surface area contributed by atoms with Crippen molar-refractivity contribution in [1.29, 1.82) is 0 Å². The zero-order chi connectivity index (χ0) is 18.8. The minimum atomic E-state index is -0.983. The number of carboxylic acids is 1. The predicted molar refractivity (Wildman–Crippen MR) is 102 cm³/mol. The van der Waals surface area contributed by atoms with Crippen LogP contribution >= 0.6 is 0 Å². The lowest BCUT2D eigenvalue weighted by atomic mass is 9.88. The first-order valence-electron chi connectivity index (χ1n) is 8.81. The van der Waals surface area contributed by atoms with Crippen molar-refractivity contribution in [3.63, 3.8) is 0 Å². The highest BCUT2D eigenvalue weighted by molar-refractivity contribution is 6.02. The van der Waals surface area contributed by atoms with Crippen LogP contribution < -0.4 is 4.74 Å². The molecule has 0 saturated carbocycles. The van der Waals surface area contributed by atoms with E-state index >= 15 is 0 Å². The maximum atomic E-state index is 12.9. The molecule has 3 aromatic rings. The van der Waals surface area contributed by atoms with E-state index in [-0.39, 0.29) is 17.3 Å². The highest BCUT2D eigenvalue weighted by atomic mass is 16.5. The molecule has 1 unspecified atom stereocenters. The lowest BCUT2D eigenvalue weighted by Crippen LogP contribution is -2.29. The summed E-state index contributed by atoms with van der Waals surface area (Å²) in [5.74, 6) is -0.611. The molecule has 4 nitrogen and oxygen atoms in total. The summed E-state index contributed by atoms with van der Waals surface area (Å²) in [6.45, 7) is 0.324. The summed E-state index contributed by atoms with van der Waals surface area (Å²) >= 11 is 0. The SMILES string of the molecule is O=C(O)c1ccccc1-c1ccc2c(c1)OCC(Cc1ccccc1)C2=O. The average molecular weight is 358 g/mol. The second-order valence-corrected chi connectivity index (χ2v) is 6.62. The van der Waals surface area contributed by atoms with Gasteiger partial charge in [0.2, 0.25) is 0 Å². The van der Waals surface area contributed by atoms with E-state index in [1.165, 1.54) is 0 Å². The van der Waals surface area contributed by atoms with Gasteiger partial charge in [-0.3, -0.25) is 4.79 Å². The Balaban J connectivity index is 1.64. The van der Waals surface area contributed by atoms with Gasteiger partial charge in [-0.2, -0.15) is 0 Å². The Bertz CT molecular complexity index is 1010. The largest absolute Gasteiger partial charge is 0.492 e. The summed E-state index contributed by atoms with van der Waals surface area (Å²) in [6, 6.07) is 22.0. The number of Topliss-reactive ketones (excluding diaryl/α,β-unsaturated/α-hetero) is 1. The maximum Gasteiger partial charge on any atom is 0.336 e. The Kier molecular flexibility index (Phi) is 4.47. The first kappa shape index (κ1) is 17.0. The van der Waals surface area contributed by atoms with E-state index in [1.807, 2.05) is 30.3 Å². The van der Waals surface area contributed by atoms with Gasteiger partial charge in [0.1, 0.15) is 5.75 Å². The number of benzene rings is 3. The fourth-order valence-corrected chi connectivity index (χ4v) is 3.47. The topological polar surface area (TPSA) is 63.6 Å². The molecule has 3 aromatic carbocycles. The van der Waals surface area contributed by atoms with E-state index in [1.54, 1.807) is 42.5 Å². The molecule has 1 heterocycles. The van der Waals surface area contributed by atoms with Gasteiger partial charge >= 0.3 is 5.97 Å². The van der Waals surface area contributed by atoms with Crippen molar-refractivity contribution in [1.82, 2.24) is 0 Å². The van der Waals surface area contributed by atoms with Gasteiger partial charge in [0.15, 0.2) is 5.78 Å². The fourth-order valence-electron chi connectivity index (χ4n) is 3.47. The summed E-state index contributed by atoms with van der Waals surface area (Å²) in [5, 5.41) is 9.40. The number of fused-ring (bicyclic) bond motifs is 1. The van der Waals surface area contributed by atoms with Crippen molar-refractivity contribution >= 4 is 11.8 Å². The van der Waals surface area contributed by atoms with Gasteiger partial charge in [-0.15, -0.1) is 0 Å². The smallest absolute Gasteiger partial charge is 0.336 e. The van der Waals surface area contributed by atoms with E-state index < -0.39 is 5.97 Å². The van der Waals surface area contributed by atoms with Gasteiger partial charge in [-0.1, -0.05) is 54.6 Å². The number of ketones is 1. The summed E-state index contributed by atoms with van der Waals surface area (Å²) in [5.41, 5.74) is 3.21. The quantitative estimate of drug-likeness (QED) is 0.747. The first-order chi connectivity index (χ1) is 13.1. The van der Waals surface area contributed by atoms with Gasteiger partial charge in [-0.25, -0.2) is 4.79 Å². The average Bonchev–Trinajstić information content (AvgIpc) is 2.70. The van der Waals surface area contributed by atoms with Crippen molar-refractivity contribution < 1.29 is 19.4 Å². The standard InChI is InChI=1S/C23H18O4/c24-22-17(12-15-6-2-1-3-7-15)14-27-21-13-16(10-11-20(21)22)18-8-4-5-9-19(18)23(25)26/h1-11,13,17H,12,14H2,(H,25,26). The Morgan fingerprint density at radius 2 is 1.70 bits per heavy atom. The van der Waals surface area contributed by atoms with Crippen LogP contribution in [-0.2, 0) is 6.42 Å².